The highest BCUT2D eigenvalue weighted by Crippen LogP contribution is 2.28. The summed E-state index contributed by atoms with van der Waals surface area (Å²) in [5, 5.41) is 0. The topological polar surface area (TPSA) is 57.4 Å². The van der Waals surface area contributed by atoms with Gasteiger partial charge in [-0.1, -0.05) is 6.07 Å². The number of aromatic nitrogens is 1. The molecule has 0 aliphatic rings. The van der Waals surface area contributed by atoms with E-state index in [0.717, 1.165) is 16.9 Å². The zero-order valence-electron chi connectivity index (χ0n) is 10.7. The van der Waals surface area contributed by atoms with Crippen LogP contribution in [-0.4, -0.2) is 12.1 Å². The minimum Gasteiger partial charge on any atom is -0.496 e. The van der Waals surface area contributed by atoms with Gasteiger partial charge >= 0.3 is 0 Å². The third kappa shape index (κ3) is 2.53. The molecule has 0 unspecified atom stereocenters. The van der Waals surface area contributed by atoms with Crippen molar-refractivity contribution in [3.63, 3.8) is 0 Å². The van der Waals surface area contributed by atoms with Gasteiger partial charge in [-0.05, 0) is 31.5 Å². The number of methoxy groups -OCH3 is 1. The molecule has 0 radical (unpaired) electrons. The standard InChI is InChI=1S/C14H16N2O2/c1-9-4-5-12(7-13(9)17-3)18-14-10(2)6-11(15)8-16-14/h4-8H,15H2,1-3H3. The Hall–Kier alpha value is -2.23. The van der Waals surface area contributed by atoms with Crippen molar-refractivity contribution in [2.45, 2.75) is 13.8 Å². The Kier molecular flexibility index (Phi) is 3.37. The van der Waals surface area contributed by atoms with Crippen LogP contribution in [0.5, 0.6) is 17.4 Å². The number of rotatable bonds is 3. The van der Waals surface area contributed by atoms with Gasteiger partial charge in [-0.2, -0.15) is 0 Å². The number of hydrogen-bond donors (Lipinski definition) is 1. The van der Waals surface area contributed by atoms with E-state index in [4.69, 9.17) is 15.2 Å². The molecule has 1 aromatic heterocycles. The van der Waals surface area contributed by atoms with Gasteiger partial charge in [0.25, 0.3) is 0 Å². The molecule has 0 aliphatic carbocycles. The molecule has 0 saturated heterocycles. The highest BCUT2D eigenvalue weighted by molar-refractivity contribution is 5.45. The molecule has 2 N–H and O–H groups in total. The first-order valence-electron chi connectivity index (χ1n) is 5.65. The van der Waals surface area contributed by atoms with E-state index < -0.39 is 0 Å². The van der Waals surface area contributed by atoms with Crippen molar-refractivity contribution >= 4 is 5.69 Å². The second kappa shape index (κ2) is 4.96. The van der Waals surface area contributed by atoms with Crippen LogP contribution in [0.25, 0.3) is 0 Å². The molecule has 0 aliphatic heterocycles. The van der Waals surface area contributed by atoms with E-state index >= 15 is 0 Å². The SMILES string of the molecule is COc1cc(Oc2ncc(N)cc2C)ccc1C. The Labute approximate surface area is 106 Å². The molecule has 0 bridgehead atoms. The Bertz CT molecular complexity index is 568. The summed E-state index contributed by atoms with van der Waals surface area (Å²) in [7, 11) is 1.64. The number of nitrogens with zero attached hydrogens (tertiary/aromatic N) is 1. The van der Waals surface area contributed by atoms with Crippen molar-refractivity contribution in [1.82, 2.24) is 4.98 Å². The maximum absolute atomic E-state index is 5.71. The van der Waals surface area contributed by atoms with Gasteiger partial charge in [0.1, 0.15) is 11.5 Å². The third-order valence-electron chi connectivity index (χ3n) is 2.65. The lowest BCUT2D eigenvalue weighted by molar-refractivity contribution is 0.404. The van der Waals surface area contributed by atoms with Crippen molar-refractivity contribution < 1.29 is 9.47 Å². The molecule has 4 heteroatoms. The number of ether oxygens (including phenoxy) is 2. The zero-order chi connectivity index (χ0) is 13.1. The minimum atomic E-state index is 0.551. The van der Waals surface area contributed by atoms with Gasteiger partial charge in [-0.25, -0.2) is 4.98 Å². The van der Waals surface area contributed by atoms with Gasteiger partial charge in [-0.15, -0.1) is 0 Å². The van der Waals surface area contributed by atoms with E-state index in [1.165, 1.54) is 0 Å². The molecule has 0 spiro atoms. The number of benzene rings is 1. The van der Waals surface area contributed by atoms with Crippen LogP contribution in [0, 0.1) is 13.8 Å². The predicted octanol–water partition coefficient (Wildman–Crippen LogP) is 3.08. The monoisotopic (exact) mass is 244 g/mol. The molecule has 0 fully saturated rings. The lowest BCUT2D eigenvalue weighted by atomic mass is 10.2. The van der Waals surface area contributed by atoms with E-state index in [9.17, 15) is 0 Å². The summed E-state index contributed by atoms with van der Waals surface area (Å²) in [5.74, 6) is 2.04. The highest BCUT2D eigenvalue weighted by Gasteiger charge is 2.06. The molecular formula is C14H16N2O2. The lowest BCUT2D eigenvalue weighted by Crippen LogP contribution is -1.95. The first-order valence-corrected chi connectivity index (χ1v) is 5.65. The largest absolute Gasteiger partial charge is 0.496 e. The maximum atomic E-state index is 5.71. The van der Waals surface area contributed by atoms with Crippen LogP contribution in [0.4, 0.5) is 5.69 Å². The van der Waals surface area contributed by atoms with Crippen LogP contribution in [0.2, 0.25) is 0 Å². The van der Waals surface area contributed by atoms with Crippen LogP contribution in [-0.2, 0) is 0 Å². The highest BCUT2D eigenvalue weighted by atomic mass is 16.5. The maximum Gasteiger partial charge on any atom is 0.222 e. The zero-order valence-corrected chi connectivity index (χ0v) is 10.7. The molecule has 1 aromatic carbocycles. The van der Waals surface area contributed by atoms with Crippen LogP contribution in [0.3, 0.4) is 0 Å². The number of aryl methyl sites for hydroxylation is 2. The summed E-state index contributed by atoms with van der Waals surface area (Å²) in [6, 6.07) is 7.50. The Morgan fingerprint density at radius 3 is 2.56 bits per heavy atom. The fourth-order valence-corrected chi connectivity index (χ4v) is 1.67. The van der Waals surface area contributed by atoms with Crippen molar-refractivity contribution in [2.75, 3.05) is 12.8 Å². The van der Waals surface area contributed by atoms with Crippen molar-refractivity contribution in [1.29, 1.82) is 0 Å². The van der Waals surface area contributed by atoms with Crippen LogP contribution < -0.4 is 15.2 Å². The smallest absolute Gasteiger partial charge is 0.222 e. The predicted molar refractivity (Wildman–Crippen MR) is 71.2 cm³/mol. The van der Waals surface area contributed by atoms with Crippen molar-refractivity contribution in [3.05, 3.63) is 41.6 Å². The Morgan fingerprint density at radius 1 is 1.11 bits per heavy atom. The average molecular weight is 244 g/mol. The Morgan fingerprint density at radius 2 is 1.89 bits per heavy atom. The average Bonchev–Trinajstić information content (AvgIpc) is 2.35. The third-order valence-corrected chi connectivity index (χ3v) is 2.65. The normalized spacial score (nSPS) is 10.2. The fraction of sp³-hybridized carbons (Fsp3) is 0.214. The number of nitrogen functional groups attached to an aromatic ring is 1. The van der Waals surface area contributed by atoms with Gasteiger partial charge < -0.3 is 15.2 Å². The first-order chi connectivity index (χ1) is 8.60. The summed E-state index contributed by atoms with van der Waals surface area (Å²) in [6.07, 6.45) is 1.58. The van der Waals surface area contributed by atoms with E-state index in [2.05, 4.69) is 4.98 Å². The summed E-state index contributed by atoms with van der Waals surface area (Å²) in [6.45, 7) is 3.89. The fourth-order valence-electron chi connectivity index (χ4n) is 1.67. The van der Waals surface area contributed by atoms with Crippen LogP contribution in [0.1, 0.15) is 11.1 Å². The van der Waals surface area contributed by atoms with Gasteiger partial charge in [0.05, 0.1) is 19.0 Å². The van der Waals surface area contributed by atoms with Gasteiger partial charge in [0, 0.05) is 11.6 Å². The second-order valence-electron chi connectivity index (χ2n) is 4.12. The minimum absolute atomic E-state index is 0.551. The summed E-state index contributed by atoms with van der Waals surface area (Å²) in [4.78, 5) is 4.16. The van der Waals surface area contributed by atoms with Crippen LogP contribution in [0.15, 0.2) is 30.5 Å². The summed E-state index contributed by atoms with van der Waals surface area (Å²) >= 11 is 0. The molecule has 4 nitrogen and oxygen atoms in total. The summed E-state index contributed by atoms with van der Waals surface area (Å²) < 4.78 is 11.0. The van der Waals surface area contributed by atoms with Crippen molar-refractivity contribution in [2.24, 2.45) is 0 Å². The number of anilines is 1. The first kappa shape index (κ1) is 12.2. The van der Waals surface area contributed by atoms with E-state index in [1.807, 2.05) is 38.1 Å². The Balaban J connectivity index is 2.28. The lowest BCUT2D eigenvalue weighted by Gasteiger charge is -2.10. The molecule has 2 rings (SSSR count). The molecule has 1 heterocycles. The van der Waals surface area contributed by atoms with Crippen LogP contribution >= 0.6 is 0 Å². The summed E-state index contributed by atoms with van der Waals surface area (Å²) in [5.41, 5.74) is 8.23. The number of nitrogens with two attached hydrogens (primary N) is 1. The van der Waals surface area contributed by atoms with E-state index in [0.29, 0.717) is 17.3 Å². The number of hydrogen-bond acceptors (Lipinski definition) is 4. The van der Waals surface area contributed by atoms with Gasteiger partial charge in [0.15, 0.2) is 0 Å². The van der Waals surface area contributed by atoms with Gasteiger partial charge in [-0.3, -0.25) is 0 Å². The number of pyridine rings is 1. The molecule has 18 heavy (non-hydrogen) atoms. The van der Waals surface area contributed by atoms with E-state index in [-0.39, 0.29) is 0 Å². The molecule has 0 amide bonds. The van der Waals surface area contributed by atoms with Crippen molar-refractivity contribution in [3.8, 4) is 17.4 Å². The molecular weight excluding hydrogens is 228 g/mol. The molecule has 2 aromatic rings. The van der Waals surface area contributed by atoms with E-state index in [1.54, 1.807) is 13.3 Å². The quantitative estimate of drug-likeness (QED) is 0.901. The molecule has 0 atom stereocenters. The second-order valence-corrected chi connectivity index (χ2v) is 4.12. The molecule has 0 saturated carbocycles. The molecule has 94 valence electrons. The van der Waals surface area contributed by atoms with Gasteiger partial charge in [0.2, 0.25) is 5.88 Å².